The second-order valence-electron chi connectivity index (χ2n) is 5.23. The molecule has 0 bridgehead atoms. The number of aromatic nitrogens is 2. The predicted molar refractivity (Wildman–Crippen MR) is 81.2 cm³/mol. The summed E-state index contributed by atoms with van der Waals surface area (Å²) >= 11 is 1.36. The highest BCUT2D eigenvalue weighted by molar-refractivity contribution is 8.03. The molecule has 2 aliphatic rings. The first kappa shape index (κ1) is 15.2. The normalized spacial score (nSPS) is 23.9. The quantitative estimate of drug-likeness (QED) is 0.908. The number of rotatable bonds is 4. The second kappa shape index (κ2) is 6.62. The van der Waals surface area contributed by atoms with Crippen LogP contribution in [0.4, 0.5) is 10.2 Å². The van der Waals surface area contributed by atoms with E-state index in [0.717, 1.165) is 19.0 Å². The van der Waals surface area contributed by atoms with Crippen molar-refractivity contribution in [2.45, 2.75) is 37.2 Å². The Bertz CT molecular complexity index is 647. The van der Waals surface area contributed by atoms with Crippen LogP contribution in [0.1, 0.15) is 19.3 Å². The Labute approximate surface area is 130 Å². The van der Waals surface area contributed by atoms with Crippen LogP contribution < -0.4 is 11.0 Å². The van der Waals surface area contributed by atoms with Crippen molar-refractivity contribution in [3.63, 3.8) is 0 Å². The van der Waals surface area contributed by atoms with Crippen LogP contribution in [0.25, 0.3) is 0 Å². The van der Waals surface area contributed by atoms with Gasteiger partial charge in [-0.05, 0) is 24.7 Å². The Hall–Kier alpha value is -1.67. The lowest BCUT2D eigenvalue weighted by molar-refractivity contribution is -0.115. The van der Waals surface area contributed by atoms with Crippen molar-refractivity contribution < 1.29 is 13.9 Å². The molecular formula is C14H16FN3O3S. The summed E-state index contributed by atoms with van der Waals surface area (Å²) in [6.45, 7) is 0.940. The van der Waals surface area contributed by atoms with Gasteiger partial charge in [0, 0.05) is 12.8 Å². The zero-order chi connectivity index (χ0) is 15.5. The topological polar surface area (TPSA) is 73.2 Å². The summed E-state index contributed by atoms with van der Waals surface area (Å²) < 4.78 is 20.7. The number of thioether (sulfide) groups is 1. The van der Waals surface area contributed by atoms with Crippen LogP contribution in [0.3, 0.4) is 0 Å². The molecule has 1 aromatic heterocycles. The van der Waals surface area contributed by atoms with E-state index in [9.17, 15) is 14.0 Å². The molecule has 3 heterocycles. The van der Waals surface area contributed by atoms with Crippen LogP contribution >= 0.6 is 11.8 Å². The van der Waals surface area contributed by atoms with E-state index in [0.29, 0.717) is 13.0 Å². The molecule has 1 saturated heterocycles. The first-order chi connectivity index (χ1) is 10.6. The fourth-order valence-electron chi connectivity index (χ4n) is 2.44. The molecule has 2 unspecified atom stereocenters. The van der Waals surface area contributed by atoms with Crippen molar-refractivity contribution in [2.75, 3.05) is 11.9 Å². The number of nitrogens with one attached hydrogen (secondary N) is 1. The first-order valence-electron chi connectivity index (χ1n) is 7.13. The van der Waals surface area contributed by atoms with Gasteiger partial charge in [0.15, 0.2) is 11.6 Å². The number of hydrogen-bond acceptors (Lipinski definition) is 5. The summed E-state index contributed by atoms with van der Waals surface area (Å²) in [4.78, 5) is 27.5. The molecule has 0 saturated carbocycles. The molecule has 3 rings (SSSR count). The molecule has 118 valence electrons. The number of carbonyl (C=O) groups excluding carboxylic acids is 1. The molecule has 2 atom stereocenters. The Morgan fingerprint density at radius 2 is 2.45 bits per heavy atom. The van der Waals surface area contributed by atoms with E-state index >= 15 is 0 Å². The predicted octanol–water partition coefficient (Wildman–Crippen LogP) is 1.52. The zero-order valence-electron chi connectivity index (χ0n) is 11.8. The van der Waals surface area contributed by atoms with Crippen molar-refractivity contribution in [1.82, 2.24) is 9.55 Å². The summed E-state index contributed by atoms with van der Waals surface area (Å²) in [5.41, 5.74) is -0.593. The Balaban J connectivity index is 1.71. The number of halogens is 1. The van der Waals surface area contributed by atoms with Gasteiger partial charge in [0.05, 0.1) is 17.9 Å². The number of hydrogen-bond donors (Lipinski definition) is 1. The van der Waals surface area contributed by atoms with Crippen LogP contribution in [0.15, 0.2) is 22.5 Å². The molecule has 0 radical (unpaired) electrons. The SMILES string of the molecule is O=C(Nc1nc(=O)n(CC2CCCO2)cc1F)C1CC=CS1. The molecule has 0 spiro atoms. The molecule has 1 amide bonds. The number of amides is 1. The molecule has 0 aliphatic carbocycles. The van der Waals surface area contributed by atoms with E-state index < -0.39 is 11.5 Å². The number of anilines is 1. The van der Waals surface area contributed by atoms with Gasteiger partial charge in [0.25, 0.3) is 0 Å². The fraction of sp³-hybridized carbons (Fsp3) is 0.500. The summed E-state index contributed by atoms with van der Waals surface area (Å²) in [5.74, 6) is -1.38. The second-order valence-corrected chi connectivity index (χ2v) is 6.34. The third kappa shape index (κ3) is 3.38. The van der Waals surface area contributed by atoms with Gasteiger partial charge in [0.2, 0.25) is 5.91 Å². The minimum Gasteiger partial charge on any atom is -0.376 e. The number of allylic oxidation sites excluding steroid dienone is 1. The third-order valence-corrected chi connectivity index (χ3v) is 4.68. The monoisotopic (exact) mass is 325 g/mol. The number of ether oxygens (including phenoxy) is 1. The lowest BCUT2D eigenvalue weighted by atomic mass is 10.2. The number of nitrogens with zero attached hydrogens (tertiary/aromatic N) is 2. The van der Waals surface area contributed by atoms with Crippen molar-refractivity contribution in [1.29, 1.82) is 0 Å². The van der Waals surface area contributed by atoms with Gasteiger partial charge in [-0.2, -0.15) is 4.98 Å². The minimum atomic E-state index is -0.720. The van der Waals surface area contributed by atoms with Gasteiger partial charge in [-0.3, -0.25) is 9.36 Å². The van der Waals surface area contributed by atoms with Gasteiger partial charge < -0.3 is 10.1 Å². The maximum Gasteiger partial charge on any atom is 0.349 e. The number of carbonyl (C=O) groups is 1. The van der Waals surface area contributed by atoms with Crippen molar-refractivity contribution in [3.8, 4) is 0 Å². The van der Waals surface area contributed by atoms with E-state index in [-0.39, 0.29) is 29.6 Å². The van der Waals surface area contributed by atoms with E-state index in [2.05, 4.69) is 10.3 Å². The van der Waals surface area contributed by atoms with Gasteiger partial charge in [-0.15, -0.1) is 11.8 Å². The highest BCUT2D eigenvalue weighted by atomic mass is 32.2. The van der Waals surface area contributed by atoms with Crippen molar-refractivity contribution >= 4 is 23.5 Å². The zero-order valence-corrected chi connectivity index (χ0v) is 12.6. The van der Waals surface area contributed by atoms with Crippen LogP contribution in [0, 0.1) is 5.82 Å². The van der Waals surface area contributed by atoms with Crippen LogP contribution in [0.5, 0.6) is 0 Å². The summed E-state index contributed by atoms with van der Waals surface area (Å²) in [7, 11) is 0. The largest absolute Gasteiger partial charge is 0.376 e. The molecule has 6 nitrogen and oxygen atoms in total. The van der Waals surface area contributed by atoms with Crippen LogP contribution in [0.2, 0.25) is 0 Å². The van der Waals surface area contributed by atoms with Gasteiger partial charge in [-0.1, -0.05) is 6.08 Å². The maximum atomic E-state index is 14.1. The summed E-state index contributed by atoms with van der Waals surface area (Å²) in [5, 5.41) is 3.91. The van der Waals surface area contributed by atoms with E-state index in [1.54, 1.807) is 0 Å². The highest BCUT2D eigenvalue weighted by Crippen LogP contribution is 2.25. The Morgan fingerprint density at radius 1 is 1.59 bits per heavy atom. The Kier molecular flexibility index (Phi) is 4.58. The summed E-state index contributed by atoms with van der Waals surface area (Å²) in [6.07, 6.45) is 5.24. The van der Waals surface area contributed by atoms with Gasteiger partial charge in [0.1, 0.15) is 0 Å². The standard InChI is InChI=1S/C14H16FN3O3S/c15-10-8-18(7-9-3-1-5-21-9)14(20)17-12(10)16-13(19)11-4-2-6-22-11/h2,6,8-9,11H,1,3-5,7H2,(H,16,17,19,20). The van der Waals surface area contributed by atoms with Crippen molar-refractivity contribution in [2.24, 2.45) is 0 Å². The maximum absolute atomic E-state index is 14.1. The molecule has 1 N–H and O–H groups in total. The lowest BCUT2D eigenvalue weighted by Crippen LogP contribution is -2.31. The van der Waals surface area contributed by atoms with Crippen molar-refractivity contribution in [3.05, 3.63) is 34.0 Å². The average molecular weight is 325 g/mol. The molecule has 0 aromatic carbocycles. The molecule has 2 aliphatic heterocycles. The van der Waals surface area contributed by atoms with Gasteiger partial charge >= 0.3 is 5.69 Å². The lowest BCUT2D eigenvalue weighted by Gasteiger charge is -2.13. The minimum absolute atomic E-state index is 0.0831. The first-order valence-corrected chi connectivity index (χ1v) is 8.07. The molecule has 8 heteroatoms. The van der Waals surface area contributed by atoms with Crippen LogP contribution in [-0.2, 0) is 16.1 Å². The molecule has 1 aromatic rings. The van der Waals surface area contributed by atoms with E-state index in [1.807, 2.05) is 11.5 Å². The summed E-state index contributed by atoms with van der Waals surface area (Å²) in [6, 6.07) is 0. The molecular weight excluding hydrogens is 309 g/mol. The molecule has 1 fully saturated rings. The third-order valence-electron chi connectivity index (χ3n) is 3.60. The Morgan fingerprint density at radius 3 is 3.14 bits per heavy atom. The van der Waals surface area contributed by atoms with Crippen LogP contribution in [-0.4, -0.2) is 33.4 Å². The highest BCUT2D eigenvalue weighted by Gasteiger charge is 2.23. The average Bonchev–Trinajstić information content (AvgIpc) is 3.17. The molecule has 22 heavy (non-hydrogen) atoms. The van der Waals surface area contributed by atoms with E-state index in [4.69, 9.17) is 4.74 Å². The smallest absolute Gasteiger partial charge is 0.349 e. The fourth-order valence-corrected chi connectivity index (χ4v) is 3.26. The van der Waals surface area contributed by atoms with Gasteiger partial charge in [-0.25, -0.2) is 9.18 Å². The van der Waals surface area contributed by atoms with E-state index in [1.165, 1.54) is 16.3 Å².